The highest BCUT2D eigenvalue weighted by molar-refractivity contribution is 7.45. The highest BCUT2D eigenvalue weighted by Gasteiger charge is 2.27. The number of nitrogens with zero attached hydrogens (tertiary/aromatic N) is 1. The molecule has 1 N–H and O–H groups in total. The van der Waals surface area contributed by atoms with Crippen LogP contribution in [0, 0.1) is 0 Å². The number of allylic oxidation sites excluding steroid dienone is 9. The molecule has 3 atom stereocenters. The largest absolute Gasteiger partial charge is 0.756 e. The fourth-order valence-electron chi connectivity index (χ4n) is 9.04. The molecule has 0 aromatic heterocycles. The number of nitrogens with one attached hydrogen (secondary N) is 1. The Bertz CT molecular complexity index is 1470. The molecular weight excluding hydrogens is 952 g/mol. The van der Waals surface area contributed by atoms with Gasteiger partial charge in [0, 0.05) is 12.8 Å². The highest BCUT2D eigenvalue weighted by Crippen LogP contribution is 2.38. The van der Waals surface area contributed by atoms with Gasteiger partial charge in [0.1, 0.15) is 19.3 Å². The lowest BCUT2D eigenvalue weighted by atomic mass is 10.0. The maximum Gasteiger partial charge on any atom is 0.306 e. The van der Waals surface area contributed by atoms with Crippen molar-refractivity contribution in [1.82, 2.24) is 5.32 Å². The van der Waals surface area contributed by atoms with Crippen LogP contribution in [0.3, 0.4) is 0 Å². The van der Waals surface area contributed by atoms with Crippen LogP contribution in [0.5, 0.6) is 0 Å². The number of hydrogen-bond acceptors (Lipinski definition) is 7. The number of phosphoric acid groups is 1. The first-order valence-corrected chi connectivity index (χ1v) is 33.1. The van der Waals surface area contributed by atoms with E-state index in [-0.39, 0.29) is 31.5 Å². The summed E-state index contributed by atoms with van der Waals surface area (Å²) in [5.41, 5.74) is 0. The van der Waals surface area contributed by atoms with Gasteiger partial charge in [-0.15, -0.1) is 0 Å². The van der Waals surface area contributed by atoms with E-state index in [1.165, 1.54) is 167 Å². The molecule has 0 aromatic carbocycles. The molecule has 0 aliphatic rings. The van der Waals surface area contributed by atoms with Crippen molar-refractivity contribution in [3.8, 4) is 0 Å². The van der Waals surface area contributed by atoms with Gasteiger partial charge in [-0.25, -0.2) is 0 Å². The molecule has 0 saturated carbocycles. The molecule has 0 saturated heterocycles. The number of hydrogen-bond donors (Lipinski definition) is 1. The molecule has 0 heterocycles. The van der Waals surface area contributed by atoms with Crippen LogP contribution in [-0.2, 0) is 27.9 Å². The summed E-state index contributed by atoms with van der Waals surface area (Å²) < 4.78 is 30.3. The van der Waals surface area contributed by atoms with E-state index in [0.717, 1.165) is 89.9 Å². The van der Waals surface area contributed by atoms with Crippen molar-refractivity contribution >= 4 is 19.7 Å². The smallest absolute Gasteiger partial charge is 0.306 e. The number of ether oxygens (including phenoxy) is 1. The predicted octanol–water partition coefficient (Wildman–Crippen LogP) is 18.8. The molecule has 438 valence electrons. The second kappa shape index (κ2) is 55.0. The zero-order valence-corrected chi connectivity index (χ0v) is 50.9. The molecule has 10 heteroatoms. The maximum atomic E-state index is 13.5. The van der Waals surface area contributed by atoms with Gasteiger partial charge >= 0.3 is 5.97 Å². The Labute approximate surface area is 464 Å². The number of rotatable bonds is 57. The monoisotopic (exact) mass is 1070 g/mol. The highest BCUT2D eigenvalue weighted by atomic mass is 31.2. The maximum absolute atomic E-state index is 13.5. The number of carbonyl (C=O) groups is 2. The van der Waals surface area contributed by atoms with Crippen molar-refractivity contribution < 1.29 is 37.3 Å². The number of carbonyl (C=O) groups excluding carboxylic acids is 2. The number of unbranched alkanes of at least 4 members (excludes halogenated alkanes) is 33. The molecule has 0 rings (SSSR count). The van der Waals surface area contributed by atoms with Crippen LogP contribution < -0.4 is 10.2 Å². The minimum atomic E-state index is -4.69. The van der Waals surface area contributed by atoms with Crippen molar-refractivity contribution in [3.63, 3.8) is 0 Å². The van der Waals surface area contributed by atoms with E-state index in [2.05, 4.69) is 74.7 Å². The fraction of sp³-hybridized carbons (Fsp3) is 0.815. The van der Waals surface area contributed by atoms with E-state index < -0.39 is 20.0 Å². The Balaban J connectivity index is 5.10. The number of amides is 1. The lowest BCUT2D eigenvalue weighted by molar-refractivity contribution is -0.870. The number of esters is 1. The molecule has 0 bridgehead atoms. The van der Waals surface area contributed by atoms with Crippen molar-refractivity contribution in [2.24, 2.45) is 0 Å². The lowest BCUT2D eigenvalue weighted by Gasteiger charge is -2.30. The quantitative estimate of drug-likeness (QED) is 0.0212. The Morgan fingerprint density at radius 1 is 0.467 bits per heavy atom. The third kappa shape index (κ3) is 56.2. The first-order chi connectivity index (χ1) is 36.4. The third-order valence-corrected chi connectivity index (χ3v) is 14.9. The van der Waals surface area contributed by atoms with Gasteiger partial charge in [-0.1, -0.05) is 262 Å². The van der Waals surface area contributed by atoms with Gasteiger partial charge in [0.15, 0.2) is 0 Å². The fourth-order valence-corrected chi connectivity index (χ4v) is 9.76. The molecule has 9 nitrogen and oxygen atoms in total. The zero-order chi connectivity index (χ0) is 55.0. The van der Waals surface area contributed by atoms with Crippen LogP contribution in [-0.4, -0.2) is 69.4 Å². The SMILES string of the molecule is CCCCC/C=C\C/C=C\C/C=C\C/C=C\CCCCCCCCCCCC(=O)OC(/C=C\CCCCCCCCCCC)C(COP(=O)([O-])OCC[N+](C)(C)C)NC(=O)CCCCCCCCCCCCCCC. The van der Waals surface area contributed by atoms with Crippen LogP contribution in [0.25, 0.3) is 0 Å². The van der Waals surface area contributed by atoms with Gasteiger partial charge in [-0.05, 0) is 76.7 Å². The molecule has 3 unspecified atom stereocenters. The Morgan fingerprint density at radius 2 is 0.813 bits per heavy atom. The van der Waals surface area contributed by atoms with Crippen molar-refractivity contribution in [3.05, 3.63) is 60.8 Å². The second-order valence-electron chi connectivity index (χ2n) is 22.6. The van der Waals surface area contributed by atoms with Gasteiger partial charge < -0.3 is 28.5 Å². The summed E-state index contributed by atoms with van der Waals surface area (Å²) in [6.07, 6.45) is 69.0. The molecule has 0 aliphatic heterocycles. The van der Waals surface area contributed by atoms with Crippen molar-refractivity contribution in [2.75, 3.05) is 40.9 Å². The second-order valence-corrected chi connectivity index (χ2v) is 24.0. The Morgan fingerprint density at radius 3 is 1.24 bits per heavy atom. The Kier molecular flexibility index (Phi) is 53.4. The zero-order valence-electron chi connectivity index (χ0n) is 50.0. The van der Waals surface area contributed by atoms with Gasteiger partial charge in [0.05, 0.1) is 33.8 Å². The summed E-state index contributed by atoms with van der Waals surface area (Å²) in [6, 6.07) is -0.888. The standard InChI is InChI=1S/C65H121N2O7P/c1-7-10-13-16-19-22-25-27-28-29-30-31-32-33-34-35-36-37-38-40-43-46-49-52-55-58-65(69)74-63(56-53-50-47-44-41-24-21-18-15-12-9-3)62(61-73-75(70,71)72-60-59-67(4,5)6)66-64(68)57-54-51-48-45-42-39-26-23-20-17-14-11-8-2/h19,22,27-28,30-31,33-34,53,56,62-63H,7-18,20-21,23-26,29,32,35-52,54-55,57-61H2,1-6H3,(H-,66,68,70,71)/b22-19-,28-27-,31-30-,34-33-,56-53-. The van der Waals surface area contributed by atoms with E-state index in [1.807, 2.05) is 33.3 Å². The summed E-state index contributed by atoms with van der Waals surface area (Å²) in [5, 5.41) is 3.02. The summed E-state index contributed by atoms with van der Waals surface area (Å²) >= 11 is 0. The van der Waals surface area contributed by atoms with Crippen molar-refractivity contribution in [1.29, 1.82) is 0 Å². The van der Waals surface area contributed by atoms with Gasteiger partial charge in [-0.3, -0.25) is 14.2 Å². The normalized spacial score (nSPS) is 14.1. The summed E-state index contributed by atoms with van der Waals surface area (Å²) in [7, 11) is 1.19. The molecule has 1 amide bonds. The summed E-state index contributed by atoms with van der Waals surface area (Å²) in [4.78, 5) is 39.9. The summed E-state index contributed by atoms with van der Waals surface area (Å²) in [5.74, 6) is -0.541. The number of quaternary nitrogens is 1. The minimum Gasteiger partial charge on any atom is -0.756 e. The van der Waals surface area contributed by atoms with Gasteiger partial charge in [-0.2, -0.15) is 0 Å². The average Bonchev–Trinajstić information content (AvgIpc) is 3.37. The van der Waals surface area contributed by atoms with E-state index in [0.29, 0.717) is 17.4 Å². The van der Waals surface area contributed by atoms with Gasteiger partial charge in [0.25, 0.3) is 7.82 Å². The van der Waals surface area contributed by atoms with Gasteiger partial charge in [0.2, 0.25) is 5.91 Å². The average molecular weight is 1070 g/mol. The molecule has 0 aliphatic carbocycles. The van der Waals surface area contributed by atoms with E-state index in [9.17, 15) is 19.0 Å². The minimum absolute atomic E-state index is 0.0231. The first kappa shape index (κ1) is 72.7. The molecule has 0 radical (unpaired) electrons. The number of phosphoric ester groups is 1. The van der Waals surface area contributed by atoms with Crippen LogP contribution in [0.15, 0.2) is 60.8 Å². The Hall–Kier alpha value is -2.29. The number of likely N-dealkylation sites (N-methyl/N-ethyl adjacent to an activating group) is 1. The molecule has 0 spiro atoms. The van der Waals surface area contributed by atoms with Crippen molar-refractivity contribution in [2.45, 2.75) is 303 Å². The van der Waals surface area contributed by atoms with Crippen LogP contribution in [0.4, 0.5) is 0 Å². The molecule has 0 aromatic rings. The van der Waals surface area contributed by atoms with Crippen LogP contribution >= 0.6 is 7.82 Å². The molecule has 0 fully saturated rings. The van der Waals surface area contributed by atoms with Crippen LogP contribution in [0.2, 0.25) is 0 Å². The van der Waals surface area contributed by atoms with E-state index in [1.54, 1.807) is 0 Å². The van der Waals surface area contributed by atoms with E-state index in [4.69, 9.17) is 13.8 Å². The molecular formula is C65H121N2O7P. The topological polar surface area (TPSA) is 114 Å². The molecule has 75 heavy (non-hydrogen) atoms. The van der Waals surface area contributed by atoms with Crippen LogP contribution in [0.1, 0.15) is 290 Å². The first-order valence-electron chi connectivity index (χ1n) is 31.6. The van der Waals surface area contributed by atoms with E-state index >= 15 is 0 Å². The summed E-state index contributed by atoms with van der Waals surface area (Å²) in [6.45, 7) is 6.82. The third-order valence-electron chi connectivity index (χ3n) is 14.0. The predicted molar refractivity (Wildman–Crippen MR) is 321 cm³/mol. The lowest BCUT2D eigenvalue weighted by Crippen LogP contribution is -2.47.